The predicted octanol–water partition coefficient (Wildman–Crippen LogP) is 3.07. The summed E-state index contributed by atoms with van der Waals surface area (Å²) in [7, 11) is -4.01. The van der Waals surface area contributed by atoms with E-state index in [1.165, 1.54) is 34.9 Å². The van der Waals surface area contributed by atoms with Crippen molar-refractivity contribution < 1.29 is 17.9 Å². The van der Waals surface area contributed by atoms with Crippen molar-refractivity contribution in [3.63, 3.8) is 0 Å². The molecule has 3 rings (SSSR count). The highest BCUT2D eigenvalue weighted by molar-refractivity contribution is 7.89. The normalized spacial score (nSPS) is 11.6. The summed E-state index contributed by atoms with van der Waals surface area (Å²) in [6.07, 6.45) is 1.18. The number of esters is 1. The first kappa shape index (κ1) is 22.5. The van der Waals surface area contributed by atoms with E-state index < -0.39 is 16.0 Å². The van der Waals surface area contributed by atoms with Gasteiger partial charge >= 0.3 is 5.97 Å². The Morgan fingerprint density at radius 1 is 1.13 bits per heavy atom. The number of carbonyl (C=O) groups excluding carboxylic acids is 1. The van der Waals surface area contributed by atoms with E-state index in [1.807, 2.05) is 0 Å². The fourth-order valence-electron chi connectivity index (χ4n) is 2.53. The van der Waals surface area contributed by atoms with Gasteiger partial charge in [-0.05, 0) is 24.3 Å². The molecule has 0 fully saturated rings. The van der Waals surface area contributed by atoms with Gasteiger partial charge in [-0.1, -0.05) is 40.9 Å². The molecule has 0 spiro atoms. The highest BCUT2D eigenvalue weighted by Crippen LogP contribution is 2.28. The third kappa shape index (κ3) is 5.30. The van der Waals surface area contributed by atoms with Crippen LogP contribution in [0.25, 0.3) is 5.65 Å². The minimum atomic E-state index is -4.01. The van der Waals surface area contributed by atoms with Gasteiger partial charge in [-0.2, -0.15) is 0 Å². The smallest absolute Gasteiger partial charge is 0.307 e. The lowest BCUT2D eigenvalue weighted by molar-refractivity contribution is -0.144. The van der Waals surface area contributed by atoms with Crippen LogP contribution in [0.3, 0.4) is 0 Å². The van der Waals surface area contributed by atoms with Crippen molar-refractivity contribution in [3.05, 3.63) is 73.7 Å². The Kier molecular flexibility index (Phi) is 6.99. The fourth-order valence-corrected chi connectivity index (χ4v) is 4.86. The fraction of sp³-hybridized carbons (Fsp3) is 0.167. The Morgan fingerprint density at radius 3 is 2.53 bits per heavy atom. The Bertz CT molecular complexity index is 1260. The lowest BCUT2D eigenvalue weighted by Crippen LogP contribution is -2.27. The second-order valence-corrected chi connectivity index (χ2v) is 8.98. The average molecular weight is 491 g/mol. The highest BCUT2D eigenvalue weighted by atomic mass is 35.5. The molecule has 0 aliphatic heterocycles. The van der Waals surface area contributed by atoms with E-state index >= 15 is 0 Å². The van der Waals surface area contributed by atoms with Gasteiger partial charge in [-0.25, -0.2) is 18.1 Å². The van der Waals surface area contributed by atoms with Crippen LogP contribution < -0.4 is 10.3 Å². The van der Waals surface area contributed by atoms with Gasteiger partial charge in [-0.3, -0.25) is 14.0 Å². The van der Waals surface area contributed by atoms with Gasteiger partial charge in [0, 0.05) is 18.8 Å². The Labute approximate surface area is 186 Å². The minimum Gasteiger partial charge on any atom is -0.459 e. The Balaban J connectivity index is 1.57. The molecule has 12 heteroatoms. The number of hydrogen-bond donors (Lipinski definition) is 1. The number of aromatic nitrogens is 2. The van der Waals surface area contributed by atoms with Crippen molar-refractivity contribution in [2.45, 2.75) is 17.9 Å². The Morgan fingerprint density at radius 2 is 1.83 bits per heavy atom. The molecule has 0 saturated carbocycles. The average Bonchev–Trinajstić information content (AvgIpc) is 2.66. The quantitative estimate of drug-likeness (QED) is 0.510. The molecule has 0 bridgehead atoms. The molecule has 2 aromatic heterocycles. The first-order chi connectivity index (χ1) is 14.2. The third-order valence-electron chi connectivity index (χ3n) is 3.87. The molecular formula is C18H14Cl3N3O5S. The molecule has 0 amide bonds. The van der Waals surface area contributed by atoms with Crippen molar-refractivity contribution in [1.29, 1.82) is 0 Å². The summed E-state index contributed by atoms with van der Waals surface area (Å²) in [6, 6.07) is 8.66. The number of benzene rings is 1. The Hall–Kier alpha value is -2.17. The molecule has 0 aliphatic carbocycles. The lowest BCUT2D eigenvalue weighted by atomic mass is 10.4. The van der Waals surface area contributed by atoms with Crippen LogP contribution in [0.5, 0.6) is 0 Å². The van der Waals surface area contributed by atoms with E-state index in [0.29, 0.717) is 10.7 Å². The maximum Gasteiger partial charge on any atom is 0.307 e. The number of halogens is 3. The van der Waals surface area contributed by atoms with E-state index in [4.69, 9.17) is 39.5 Å². The largest absolute Gasteiger partial charge is 0.459 e. The van der Waals surface area contributed by atoms with Gasteiger partial charge < -0.3 is 4.74 Å². The molecule has 0 atom stereocenters. The lowest BCUT2D eigenvalue weighted by Gasteiger charge is -2.10. The number of rotatable bonds is 7. The molecule has 3 aromatic rings. The summed E-state index contributed by atoms with van der Waals surface area (Å²) >= 11 is 17.6. The van der Waals surface area contributed by atoms with Crippen molar-refractivity contribution in [2.24, 2.45) is 0 Å². The molecule has 0 unspecified atom stereocenters. The molecule has 8 nitrogen and oxygen atoms in total. The number of hydrogen-bond acceptors (Lipinski definition) is 6. The van der Waals surface area contributed by atoms with Crippen LogP contribution in [-0.2, 0) is 26.2 Å². The molecule has 0 radical (unpaired) electrons. The number of fused-ring (bicyclic) bond motifs is 1. The summed E-state index contributed by atoms with van der Waals surface area (Å²) in [5, 5.41) is 0.311. The molecule has 2 heterocycles. The maximum atomic E-state index is 12.3. The SMILES string of the molecule is O=C(CCNS(=O)(=O)c1c(Cl)cccc1Cl)OCc1cc(=O)n2cc(Cl)ccc2n1. The van der Waals surface area contributed by atoms with Crippen LogP contribution in [0.2, 0.25) is 15.1 Å². The summed E-state index contributed by atoms with van der Waals surface area (Å²) in [5.74, 6) is -0.680. The standard InChI is InChI=1S/C18H14Cl3N3O5S/c19-11-4-5-15-23-12(8-16(25)24(15)9-11)10-29-17(26)6-7-22-30(27,28)18-13(20)2-1-3-14(18)21/h1-5,8-9,22H,6-7,10H2. The van der Waals surface area contributed by atoms with Gasteiger partial charge in [0.05, 0.1) is 27.2 Å². The van der Waals surface area contributed by atoms with Crippen LogP contribution in [0, 0.1) is 0 Å². The topological polar surface area (TPSA) is 107 Å². The zero-order valence-electron chi connectivity index (χ0n) is 15.1. The monoisotopic (exact) mass is 489 g/mol. The van der Waals surface area contributed by atoms with Crippen LogP contribution in [0.15, 0.2) is 52.3 Å². The van der Waals surface area contributed by atoms with Crippen LogP contribution in [0.1, 0.15) is 12.1 Å². The molecule has 158 valence electrons. The number of nitrogens with one attached hydrogen (secondary N) is 1. The summed E-state index contributed by atoms with van der Waals surface area (Å²) in [5.41, 5.74) is 0.222. The first-order valence-electron chi connectivity index (χ1n) is 8.44. The third-order valence-corrected chi connectivity index (χ3v) is 6.51. The molecule has 0 aliphatic rings. The highest BCUT2D eigenvalue weighted by Gasteiger charge is 2.21. The second kappa shape index (κ2) is 9.32. The summed E-state index contributed by atoms with van der Waals surface area (Å²) in [4.78, 5) is 28.0. The number of nitrogens with zero attached hydrogens (tertiary/aromatic N) is 2. The van der Waals surface area contributed by atoms with Gasteiger partial charge in [0.2, 0.25) is 10.0 Å². The van der Waals surface area contributed by atoms with E-state index in [2.05, 4.69) is 9.71 Å². The van der Waals surface area contributed by atoms with Crippen molar-refractivity contribution in [3.8, 4) is 0 Å². The van der Waals surface area contributed by atoms with Crippen LogP contribution >= 0.6 is 34.8 Å². The van der Waals surface area contributed by atoms with Crippen molar-refractivity contribution >= 4 is 56.4 Å². The van der Waals surface area contributed by atoms with Crippen molar-refractivity contribution in [2.75, 3.05) is 6.54 Å². The molecule has 1 N–H and O–H groups in total. The van der Waals surface area contributed by atoms with E-state index in [9.17, 15) is 18.0 Å². The summed E-state index contributed by atoms with van der Waals surface area (Å²) in [6.45, 7) is -0.467. The maximum absolute atomic E-state index is 12.3. The zero-order chi connectivity index (χ0) is 21.9. The minimum absolute atomic E-state index is 0.0347. The number of ether oxygens (including phenoxy) is 1. The second-order valence-electron chi connectivity index (χ2n) is 6.02. The molecule has 0 saturated heterocycles. The van der Waals surface area contributed by atoms with Crippen LogP contribution in [-0.4, -0.2) is 30.3 Å². The van der Waals surface area contributed by atoms with Gasteiger partial charge in [0.1, 0.15) is 17.1 Å². The van der Waals surface area contributed by atoms with E-state index in [0.717, 1.165) is 0 Å². The molecular weight excluding hydrogens is 477 g/mol. The number of sulfonamides is 1. The number of carbonyl (C=O) groups is 1. The molecule has 30 heavy (non-hydrogen) atoms. The van der Waals surface area contributed by atoms with E-state index in [-0.39, 0.29) is 45.8 Å². The van der Waals surface area contributed by atoms with Crippen molar-refractivity contribution in [1.82, 2.24) is 14.1 Å². The first-order valence-corrected chi connectivity index (χ1v) is 11.1. The van der Waals surface area contributed by atoms with E-state index in [1.54, 1.807) is 12.1 Å². The molecule has 1 aromatic carbocycles. The zero-order valence-corrected chi connectivity index (χ0v) is 18.2. The summed E-state index contributed by atoms with van der Waals surface area (Å²) < 4.78 is 33.2. The van der Waals surface area contributed by atoms with Gasteiger partial charge in [0.15, 0.2) is 0 Å². The number of pyridine rings is 1. The predicted molar refractivity (Wildman–Crippen MR) is 113 cm³/mol. The van der Waals surface area contributed by atoms with Gasteiger partial charge in [-0.15, -0.1) is 0 Å². The van der Waals surface area contributed by atoms with Crippen LogP contribution in [0.4, 0.5) is 0 Å². The van der Waals surface area contributed by atoms with Gasteiger partial charge in [0.25, 0.3) is 5.56 Å².